The lowest BCUT2D eigenvalue weighted by Gasteiger charge is -2.16. The lowest BCUT2D eigenvalue weighted by Crippen LogP contribution is -2.45. The second-order valence-electron chi connectivity index (χ2n) is 5.25. The number of aryl methyl sites for hydroxylation is 1. The third-order valence-electron chi connectivity index (χ3n) is 3.44. The maximum atomic E-state index is 12.0. The van der Waals surface area contributed by atoms with Gasteiger partial charge in [-0.2, -0.15) is 11.8 Å². The molecule has 0 aliphatic heterocycles. The summed E-state index contributed by atoms with van der Waals surface area (Å²) in [5.41, 5.74) is 7.72. The Hall–Kier alpha value is -2.22. The quantitative estimate of drug-likeness (QED) is 0.615. The molecule has 1 atom stereocenters. The van der Waals surface area contributed by atoms with Gasteiger partial charge in [0.05, 0.1) is 0 Å². The van der Waals surface area contributed by atoms with E-state index < -0.39 is 30.6 Å². The van der Waals surface area contributed by atoms with Crippen molar-refractivity contribution in [2.45, 2.75) is 26.3 Å². The summed E-state index contributed by atoms with van der Waals surface area (Å²) in [6.07, 6.45) is 2.26. The van der Waals surface area contributed by atoms with Crippen LogP contribution in [0.25, 0.3) is 0 Å². The highest BCUT2D eigenvalue weighted by molar-refractivity contribution is 7.98. The molecule has 0 aliphatic rings. The van der Waals surface area contributed by atoms with E-state index >= 15 is 0 Å². The first-order valence-corrected chi connectivity index (χ1v) is 8.82. The third kappa shape index (κ3) is 6.49. The van der Waals surface area contributed by atoms with Gasteiger partial charge >= 0.3 is 12.0 Å². The highest BCUT2D eigenvalue weighted by Crippen LogP contribution is 2.17. The number of benzene rings is 1. The van der Waals surface area contributed by atoms with Crippen LogP contribution in [0.5, 0.6) is 0 Å². The Balaban J connectivity index is 2.56. The SMILES string of the molecule is CSCC[C@H](NC(N)=O)C(=O)OCC(=O)Nc1cccc(C)c1C. The molecule has 1 rings (SSSR count). The summed E-state index contributed by atoms with van der Waals surface area (Å²) in [5, 5.41) is 5.02. The molecule has 0 saturated heterocycles. The van der Waals surface area contributed by atoms with Gasteiger partial charge in [0.25, 0.3) is 5.91 Å². The fraction of sp³-hybridized carbons (Fsp3) is 0.438. The second kappa shape index (κ2) is 9.82. The molecule has 0 radical (unpaired) electrons. The minimum absolute atomic E-state index is 0.377. The monoisotopic (exact) mass is 353 g/mol. The van der Waals surface area contributed by atoms with Crippen LogP contribution in [0.2, 0.25) is 0 Å². The number of ether oxygens (including phenoxy) is 1. The summed E-state index contributed by atoms with van der Waals surface area (Å²) in [4.78, 5) is 34.9. The number of primary amides is 1. The first kappa shape index (κ1) is 19.8. The zero-order chi connectivity index (χ0) is 18.1. The summed E-state index contributed by atoms with van der Waals surface area (Å²) in [6.45, 7) is 3.41. The molecule has 24 heavy (non-hydrogen) atoms. The predicted molar refractivity (Wildman–Crippen MR) is 95.0 cm³/mol. The summed E-state index contributed by atoms with van der Waals surface area (Å²) >= 11 is 1.52. The minimum atomic E-state index is -0.858. The molecule has 1 aromatic rings. The van der Waals surface area contributed by atoms with Gasteiger partial charge in [-0.3, -0.25) is 4.79 Å². The molecule has 3 amide bonds. The van der Waals surface area contributed by atoms with E-state index in [1.54, 1.807) is 6.07 Å². The molecular formula is C16H23N3O4S. The Morgan fingerprint density at radius 1 is 1.29 bits per heavy atom. The summed E-state index contributed by atoms with van der Waals surface area (Å²) < 4.78 is 4.98. The summed E-state index contributed by atoms with van der Waals surface area (Å²) in [5.74, 6) is -0.479. The van der Waals surface area contributed by atoms with Gasteiger partial charge in [0.1, 0.15) is 6.04 Å². The highest BCUT2D eigenvalue weighted by Gasteiger charge is 2.22. The van der Waals surface area contributed by atoms with Crippen LogP contribution in [0.3, 0.4) is 0 Å². The predicted octanol–water partition coefficient (Wildman–Crippen LogP) is 1.58. The van der Waals surface area contributed by atoms with Crippen LogP contribution < -0.4 is 16.4 Å². The van der Waals surface area contributed by atoms with Crippen molar-refractivity contribution in [1.82, 2.24) is 5.32 Å². The van der Waals surface area contributed by atoms with Crippen LogP contribution in [-0.2, 0) is 14.3 Å². The van der Waals surface area contributed by atoms with Gasteiger partial charge in [0.2, 0.25) is 0 Å². The molecule has 0 bridgehead atoms. The highest BCUT2D eigenvalue weighted by atomic mass is 32.2. The molecule has 132 valence electrons. The number of carbonyl (C=O) groups excluding carboxylic acids is 3. The summed E-state index contributed by atoms with van der Waals surface area (Å²) in [7, 11) is 0. The standard InChI is InChI=1S/C16H23N3O4S/c1-10-5-4-6-12(11(10)2)18-14(20)9-23-15(21)13(7-8-24-3)19-16(17)22/h4-6,13H,7-9H2,1-3H3,(H,18,20)(H3,17,19,22)/t13-/m0/s1. The molecule has 0 fully saturated rings. The van der Waals surface area contributed by atoms with Gasteiger partial charge < -0.3 is 21.1 Å². The molecule has 8 heteroatoms. The smallest absolute Gasteiger partial charge is 0.329 e. The molecule has 0 aliphatic carbocycles. The maximum absolute atomic E-state index is 12.0. The van der Waals surface area contributed by atoms with Gasteiger partial charge in [-0.25, -0.2) is 9.59 Å². The topological polar surface area (TPSA) is 111 Å². The van der Waals surface area contributed by atoms with Gasteiger partial charge in [0, 0.05) is 5.69 Å². The number of hydrogen-bond donors (Lipinski definition) is 3. The number of esters is 1. The fourth-order valence-electron chi connectivity index (χ4n) is 1.97. The van der Waals surface area contributed by atoms with E-state index in [0.717, 1.165) is 11.1 Å². The Labute approximate surface area is 145 Å². The number of thioether (sulfide) groups is 1. The first-order chi connectivity index (χ1) is 11.3. The molecule has 0 spiro atoms. The van der Waals surface area contributed by atoms with Crippen molar-refractivity contribution in [1.29, 1.82) is 0 Å². The maximum Gasteiger partial charge on any atom is 0.329 e. The molecule has 0 saturated carbocycles. The van der Waals surface area contributed by atoms with Crippen LogP contribution in [0.1, 0.15) is 17.5 Å². The molecule has 0 aromatic heterocycles. The van der Waals surface area contributed by atoms with Crippen molar-refractivity contribution in [2.75, 3.05) is 23.9 Å². The lowest BCUT2D eigenvalue weighted by atomic mass is 10.1. The zero-order valence-corrected chi connectivity index (χ0v) is 14.9. The van der Waals surface area contributed by atoms with E-state index in [4.69, 9.17) is 10.5 Å². The number of amides is 3. The third-order valence-corrected chi connectivity index (χ3v) is 4.08. The van der Waals surface area contributed by atoms with Crippen molar-refractivity contribution < 1.29 is 19.1 Å². The van der Waals surface area contributed by atoms with Crippen LogP contribution in [0.4, 0.5) is 10.5 Å². The van der Waals surface area contributed by atoms with Crippen molar-refractivity contribution in [3.8, 4) is 0 Å². The lowest BCUT2D eigenvalue weighted by molar-refractivity contribution is -0.149. The van der Waals surface area contributed by atoms with Crippen molar-refractivity contribution in [3.05, 3.63) is 29.3 Å². The average Bonchev–Trinajstić information content (AvgIpc) is 2.53. The molecule has 0 heterocycles. The van der Waals surface area contributed by atoms with Crippen LogP contribution in [0.15, 0.2) is 18.2 Å². The number of carbonyl (C=O) groups is 3. The van der Waals surface area contributed by atoms with Gasteiger partial charge in [-0.15, -0.1) is 0 Å². The summed E-state index contributed by atoms with van der Waals surface area (Å²) in [6, 6.07) is 3.88. The number of hydrogen-bond acceptors (Lipinski definition) is 5. The Morgan fingerprint density at radius 3 is 2.62 bits per heavy atom. The molecule has 4 N–H and O–H groups in total. The Morgan fingerprint density at radius 2 is 2.00 bits per heavy atom. The van der Waals surface area contributed by atoms with E-state index in [9.17, 15) is 14.4 Å². The molecule has 0 unspecified atom stereocenters. The van der Waals surface area contributed by atoms with E-state index in [1.807, 2.05) is 32.2 Å². The number of nitrogens with two attached hydrogens (primary N) is 1. The molecular weight excluding hydrogens is 330 g/mol. The number of nitrogens with one attached hydrogen (secondary N) is 2. The largest absolute Gasteiger partial charge is 0.454 e. The van der Waals surface area contributed by atoms with E-state index in [-0.39, 0.29) is 0 Å². The Kier molecular flexibility index (Phi) is 8.11. The van der Waals surface area contributed by atoms with Gasteiger partial charge in [0.15, 0.2) is 6.61 Å². The first-order valence-electron chi connectivity index (χ1n) is 7.42. The Bertz CT molecular complexity index is 607. The van der Waals surface area contributed by atoms with Crippen molar-refractivity contribution in [2.24, 2.45) is 5.73 Å². The van der Waals surface area contributed by atoms with Crippen molar-refractivity contribution >= 4 is 35.4 Å². The normalized spacial score (nSPS) is 11.5. The number of rotatable bonds is 8. The number of urea groups is 1. The minimum Gasteiger partial charge on any atom is -0.454 e. The molecule has 7 nitrogen and oxygen atoms in total. The van der Waals surface area contributed by atoms with Crippen LogP contribution in [-0.4, -0.2) is 42.6 Å². The van der Waals surface area contributed by atoms with Crippen LogP contribution in [0, 0.1) is 13.8 Å². The van der Waals surface area contributed by atoms with Gasteiger partial charge in [-0.05, 0) is 49.5 Å². The van der Waals surface area contributed by atoms with E-state index in [1.165, 1.54) is 11.8 Å². The molecule has 1 aromatic carbocycles. The van der Waals surface area contributed by atoms with E-state index in [0.29, 0.717) is 17.9 Å². The second-order valence-corrected chi connectivity index (χ2v) is 6.23. The van der Waals surface area contributed by atoms with Gasteiger partial charge in [-0.1, -0.05) is 12.1 Å². The fourth-order valence-corrected chi connectivity index (χ4v) is 2.44. The van der Waals surface area contributed by atoms with E-state index in [2.05, 4.69) is 10.6 Å². The van der Waals surface area contributed by atoms with Crippen LogP contribution >= 0.6 is 11.8 Å². The zero-order valence-electron chi connectivity index (χ0n) is 14.0. The van der Waals surface area contributed by atoms with Crippen molar-refractivity contribution in [3.63, 3.8) is 0 Å². The average molecular weight is 353 g/mol. The number of anilines is 1.